The molecule has 2 aromatic carbocycles. The van der Waals surface area contributed by atoms with Gasteiger partial charge in [0.2, 0.25) is 0 Å². The number of ether oxygens (including phenoxy) is 2. The van der Waals surface area contributed by atoms with Crippen molar-refractivity contribution in [3.05, 3.63) is 47.5 Å². The maximum atomic E-state index is 11.3. The fraction of sp³-hybridized carbons (Fsp3) is 0.200. The maximum Gasteiger partial charge on any atom is 2.00 e. The molecule has 0 amide bonds. The van der Waals surface area contributed by atoms with Crippen LogP contribution < -0.4 is 29.9 Å². The average molecular weight is 580 g/mol. The summed E-state index contributed by atoms with van der Waals surface area (Å²) in [5.41, 5.74) is 0.633. The van der Waals surface area contributed by atoms with E-state index in [4.69, 9.17) is 9.47 Å². The van der Waals surface area contributed by atoms with Gasteiger partial charge < -0.3 is 50.4 Å². The van der Waals surface area contributed by atoms with Gasteiger partial charge in [-0.3, -0.25) is 9.98 Å². The molecule has 0 atom stereocenters. The molecule has 0 fully saturated rings. The molecule has 0 aliphatic rings. The smallest absolute Gasteiger partial charge is 0.872 e. The van der Waals surface area contributed by atoms with Crippen LogP contribution in [0.3, 0.4) is 0 Å². The second-order valence-corrected chi connectivity index (χ2v) is 5.49. The van der Waals surface area contributed by atoms with Crippen LogP contribution in [0.4, 0.5) is 0 Å². The summed E-state index contributed by atoms with van der Waals surface area (Å²) < 4.78 is 9.69. The molecule has 194 valence electrons. The summed E-state index contributed by atoms with van der Waals surface area (Å²) in [7, 11) is 2.91. The number of carbonyl (C=O) groups is 2. The molecule has 0 heterocycles. The first kappa shape index (κ1) is 38.2. The SMILES string of the molecule is COc1ccc(C=NCC(=O)[O-])c([O-])c1.COc1ccc(C=NCC(=O)[O-])c([O-])c1.[Cu+2].[Cu+2].[OH3+].[OH3+]. The molecule has 14 heteroatoms. The number of benzene rings is 2. The zero-order chi connectivity index (χ0) is 22.5. The normalized spacial score (nSPS) is 9.24. The molecule has 0 spiro atoms. The van der Waals surface area contributed by atoms with Crippen molar-refractivity contribution in [3.8, 4) is 23.0 Å². The number of aliphatic carboxylic acids is 2. The van der Waals surface area contributed by atoms with E-state index in [0.29, 0.717) is 22.6 Å². The van der Waals surface area contributed by atoms with Crippen molar-refractivity contribution in [2.24, 2.45) is 9.98 Å². The van der Waals surface area contributed by atoms with Gasteiger partial charge in [0.25, 0.3) is 0 Å². The zero-order valence-electron chi connectivity index (χ0n) is 18.0. The van der Waals surface area contributed by atoms with E-state index in [0.717, 1.165) is 0 Å². The summed E-state index contributed by atoms with van der Waals surface area (Å²) >= 11 is 0. The van der Waals surface area contributed by atoms with Gasteiger partial charge in [-0.25, -0.2) is 0 Å². The van der Waals surface area contributed by atoms with Gasteiger partial charge in [-0.05, 0) is 35.4 Å². The maximum absolute atomic E-state index is 11.3. The van der Waals surface area contributed by atoms with E-state index < -0.39 is 25.0 Å². The first-order chi connectivity index (χ1) is 14.3. The van der Waals surface area contributed by atoms with Crippen molar-refractivity contribution in [2.75, 3.05) is 27.3 Å². The van der Waals surface area contributed by atoms with E-state index in [1.807, 2.05) is 0 Å². The molecule has 6 N–H and O–H groups in total. The number of hydrogen-bond donors (Lipinski definition) is 0. The summed E-state index contributed by atoms with van der Waals surface area (Å²) in [5.74, 6) is -2.19. The first-order valence-electron chi connectivity index (χ1n) is 8.36. The predicted molar refractivity (Wildman–Crippen MR) is 110 cm³/mol. The van der Waals surface area contributed by atoms with E-state index in [1.165, 1.54) is 50.9 Å². The summed E-state index contributed by atoms with van der Waals surface area (Å²) in [4.78, 5) is 27.2. The minimum absolute atomic E-state index is 0. The molecule has 0 aliphatic carbocycles. The summed E-state index contributed by atoms with van der Waals surface area (Å²) in [5, 5.41) is 42.8. The van der Waals surface area contributed by atoms with Gasteiger partial charge in [0.05, 0.1) is 39.2 Å². The Labute approximate surface area is 216 Å². The number of carboxylic acid groups (broad SMARTS) is 2. The van der Waals surface area contributed by atoms with Crippen LogP contribution in [0.15, 0.2) is 46.4 Å². The van der Waals surface area contributed by atoms with E-state index in [2.05, 4.69) is 9.98 Å². The zero-order valence-corrected chi connectivity index (χ0v) is 19.8. The van der Waals surface area contributed by atoms with Crippen molar-refractivity contribution in [1.82, 2.24) is 0 Å². The first-order valence-corrected chi connectivity index (χ1v) is 8.36. The Kier molecular flexibility index (Phi) is 23.0. The summed E-state index contributed by atoms with van der Waals surface area (Å²) in [6.07, 6.45) is 2.41. The van der Waals surface area contributed by atoms with Crippen LogP contribution in [0, 0.1) is 0 Å². The van der Waals surface area contributed by atoms with E-state index in [1.54, 1.807) is 12.1 Å². The number of methoxy groups -OCH3 is 2. The van der Waals surface area contributed by atoms with Gasteiger partial charge in [-0.2, -0.15) is 0 Å². The summed E-state index contributed by atoms with van der Waals surface area (Å²) in [6.45, 7) is -0.906. The molecule has 0 aromatic heterocycles. The van der Waals surface area contributed by atoms with Crippen LogP contribution in [0.5, 0.6) is 23.0 Å². The van der Waals surface area contributed by atoms with Crippen molar-refractivity contribution >= 4 is 24.4 Å². The van der Waals surface area contributed by atoms with Gasteiger partial charge >= 0.3 is 34.1 Å². The molecule has 2 radical (unpaired) electrons. The predicted octanol–water partition coefficient (Wildman–Crippen LogP) is -3.97. The molecule has 0 unspecified atom stereocenters. The van der Waals surface area contributed by atoms with E-state index in [-0.39, 0.29) is 56.6 Å². The number of hydrogen-bond acceptors (Lipinski definition) is 10. The topological polar surface area (TPSA) is 236 Å². The Morgan fingerprint density at radius 3 is 1.32 bits per heavy atom. The van der Waals surface area contributed by atoms with Crippen molar-refractivity contribution in [3.63, 3.8) is 0 Å². The molecule has 12 nitrogen and oxygen atoms in total. The molecule has 2 aromatic rings. The number of carbonyl (C=O) groups excluding carboxylic acids is 2. The van der Waals surface area contributed by atoms with Crippen LogP contribution in [0.25, 0.3) is 0 Å². The Bertz CT molecular complexity index is 864. The fourth-order valence-electron chi connectivity index (χ4n) is 1.93. The van der Waals surface area contributed by atoms with Crippen LogP contribution in [0.1, 0.15) is 11.1 Å². The largest absolute Gasteiger partial charge is 2.00 e. The van der Waals surface area contributed by atoms with Gasteiger partial charge in [-0.1, -0.05) is 23.6 Å². The number of aliphatic imine (C=N–C) groups is 2. The van der Waals surface area contributed by atoms with Crippen molar-refractivity contribution in [1.29, 1.82) is 0 Å². The third kappa shape index (κ3) is 14.8. The minimum atomic E-state index is -1.28. The molecular weight excluding hydrogens is 555 g/mol. The van der Waals surface area contributed by atoms with Gasteiger partial charge in [0.15, 0.2) is 0 Å². The molecule has 0 saturated carbocycles. The standard InChI is InChI=1S/2C10H11NO4.2Cu.2H2O/c2*1-15-8-3-2-7(9(12)4-8)5-11-6-10(13)14;;;;/h2*2-5,12H,6H2,1H3,(H,13,14);;;2*1H2/q;;2*+2;;/p-2. The Morgan fingerprint density at radius 2 is 1.09 bits per heavy atom. The third-order valence-electron chi connectivity index (χ3n) is 3.34. The second-order valence-electron chi connectivity index (χ2n) is 5.49. The van der Waals surface area contributed by atoms with Gasteiger partial charge in [0, 0.05) is 12.4 Å². The summed E-state index contributed by atoms with van der Waals surface area (Å²) in [6, 6.07) is 8.84. The average Bonchev–Trinajstić information content (AvgIpc) is 2.70. The minimum Gasteiger partial charge on any atom is -0.872 e. The molecule has 34 heavy (non-hydrogen) atoms. The second kappa shape index (κ2) is 20.5. The number of rotatable bonds is 8. The van der Waals surface area contributed by atoms with Crippen LogP contribution in [-0.4, -0.2) is 51.7 Å². The van der Waals surface area contributed by atoms with Crippen LogP contribution >= 0.6 is 0 Å². The monoisotopic (exact) mass is 578 g/mol. The fourth-order valence-corrected chi connectivity index (χ4v) is 1.93. The van der Waals surface area contributed by atoms with Crippen molar-refractivity contribution < 1.29 is 84.6 Å². The number of carboxylic acids is 2. The third-order valence-corrected chi connectivity index (χ3v) is 3.34. The van der Waals surface area contributed by atoms with E-state index in [9.17, 15) is 30.0 Å². The quantitative estimate of drug-likeness (QED) is 0.169. The molecule has 0 aliphatic heterocycles. The van der Waals surface area contributed by atoms with Crippen LogP contribution in [-0.2, 0) is 54.7 Å². The molecule has 0 bridgehead atoms. The molecule has 0 saturated heterocycles. The molecular formula is C20H24Cu2N2O10+2. The Hall–Kier alpha value is -3.12. The number of nitrogens with zero attached hydrogens (tertiary/aromatic N) is 2. The Morgan fingerprint density at radius 1 is 0.765 bits per heavy atom. The molecule has 2 rings (SSSR count). The van der Waals surface area contributed by atoms with Gasteiger partial charge in [0.1, 0.15) is 11.5 Å². The van der Waals surface area contributed by atoms with Crippen LogP contribution in [0.2, 0.25) is 0 Å². The Balaban J connectivity index is -0.000000237. The van der Waals surface area contributed by atoms with E-state index >= 15 is 0 Å². The van der Waals surface area contributed by atoms with Crippen molar-refractivity contribution in [2.45, 2.75) is 0 Å². The van der Waals surface area contributed by atoms with Gasteiger partial charge in [-0.15, -0.1) is 0 Å².